The summed E-state index contributed by atoms with van der Waals surface area (Å²) in [6.45, 7) is 0. The van der Waals surface area contributed by atoms with E-state index < -0.39 is 108 Å². The Hall–Kier alpha value is -2.99. The molecule has 0 saturated heterocycles. The smallest absolute Gasteiger partial charge is 0.485 e. The largest absolute Gasteiger partial charge is 0.741 e. The maximum atomic E-state index is 13.8. The molecular weight excluding hydrogens is 1280 g/mol. The van der Waals surface area contributed by atoms with Crippen LogP contribution in [0, 0.1) is 64.0 Å². The van der Waals surface area contributed by atoms with Crippen molar-refractivity contribution in [2.45, 2.75) is 18.0 Å². The first-order chi connectivity index (χ1) is 30.2. The van der Waals surface area contributed by atoms with Crippen LogP contribution in [0.2, 0.25) is 0 Å². The summed E-state index contributed by atoms with van der Waals surface area (Å²) in [6, 6.07) is 9.14. The summed E-state index contributed by atoms with van der Waals surface area (Å²) in [5.41, 5.74) is -7.99. The van der Waals surface area contributed by atoms with Crippen molar-refractivity contribution in [3.63, 3.8) is 0 Å². The van der Waals surface area contributed by atoms with Gasteiger partial charge in [-0.1, -0.05) is 75.5 Å². The van der Waals surface area contributed by atoms with E-state index in [1.807, 2.05) is 0 Å². The summed E-state index contributed by atoms with van der Waals surface area (Å²) in [5, 5.41) is -1.14. The fourth-order valence-electron chi connectivity index (χ4n) is 4.17. The van der Waals surface area contributed by atoms with Crippen molar-refractivity contribution < 1.29 is 92.7 Å². The van der Waals surface area contributed by atoms with Gasteiger partial charge in [-0.15, -0.1) is 0 Å². The van der Waals surface area contributed by atoms with E-state index in [0.29, 0.717) is 21.1 Å². The minimum atomic E-state index is -6.09. The molecule has 0 amide bonds. The van der Waals surface area contributed by atoms with Gasteiger partial charge in [0.1, 0.15) is 69.0 Å². The lowest BCUT2D eigenvalue weighted by atomic mass is 10.2. The zero-order valence-electron chi connectivity index (χ0n) is 31.2. The molecule has 29 heteroatoms. The first-order valence-corrected chi connectivity index (χ1v) is 23.3. The normalized spacial score (nSPS) is 12.4. The second-order valence-corrected chi connectivity index (χ2v) is 19.5. The summed E-state index contributed by atoms with van der Waals surface area (Å²) in [7, 11) is -6.09. The number of halogens is 21. The van der Waals surface area contributed by atoms with Crippen molar-refractivity contribution in [1.29, 1.82) is 0 Å². The highest BCUT2D eigenvalue weighted by molar-refractivity contribution is 9.11. The molecule has 5 aromatic rings. The van der Waals surface area contributed by atoms with Gasteiger partial charge < -0.3 is 9.29 Å². The predicted molar refractivity (Wildman–Crippen MR) is 226 cm³/mol. The molecule has 1 aliphatic rings. The second-order valence-electron chi connectivity index (χ2n) is 11.7. The van der Waals surface area contributed by atoms with Gasteiger partial charge in [0.05, 0.1) is 0 Å². The van der Waals surface area contributed by atoms with E-state index in [1.165, 1.54) is 47.4 Å². The maximum absolute atomic E-state index is 13.8. The fourth-order valence-corrected chi connectivity index (χ4v) is 8.64. The van der Waals surface area contributed by atoms with Gasteiger partial charge in [0, 0.05) is 48.3 Å². The van der Waals surface area contributed by atoms with Crippen LogP contribution in [0.5, 0.6) is 5.75 Å². The van der Waals surface area contributed by atoms with Gasteiger partial charge in [0.2, 0.25) is 0 Å². The van der Waals surface area contributed by atoms with Gasteiger partial charge in [0.25, 0.3) is 9.44 Å². The van der Waals surface area contributed by atoms with Crippen molar-refractivity contribution in [1.82, 2.24) is 0 Å². The minimum Gasteiger partial charge on any atom is -0.741 e. The Kier molecular flexibility index (Phi) is 22.9. The number of hydrogen-bond donors (Lipinski definition) is 0. The van der Waals surface area contributed by atoms with E-state index in [4.69, 9.17) is 24.6 Å². The molecule has 0 aromatic heterocycles. The van der Waals surface area contributed by atoms with Gasteiger partial charge in [-0.2, -0.15) is 22.0 Å². The van der Waals surface area contributed by atoms with Crippen molar-refractivity contribution in [2.75, 3.05) is 11.5 Å². The summed E-state index contributed by atoms with van der Waals surface area (Å²) in [6.07, 6.45) is -3.48. The van der Waals surface area contributed by atoms with Crippen LogP contribution in [0.15, 0.2) is 84.6 Å². The average Bonchev–Trinajstić information content (AvgIpc) is 3.12. The Bertz CT molecular complexity index is 2560. The number of carbonyl (C=O) groups excluding carboxylic acids is 1. The molecule has 0 spiro atoms. The van der Waals surface area contributed by atoms with Gasteiger partial charge >= 0.3 is 11.6 Å². The first-order valence-electron chi connectivity index (χ1n) is 16.4. The van der Waals surface area contributed by atoms with Crippen LogP contribution in [-0.2, 0) is 27.6 Å². The number of thioether (sulfide) groups is 1. The van der Waals surface area contributed by atoms with Crippen LogP contribution >= 0.6 is 87.1 Å². The zero-order chi connectivity index (χ0) is 50.6. The van der Waals surface area contributed by atoms with Gasteiger partial charge in [0.15, 0.2) is 44.7 Å². The van der Waals surface area contributed by atoms with Crippen molar-refractivity contribution in [2.24, 2.45) is 0 Å². The molecule has 0 radical (unpaired) electrons. The Morgan fingerprint density at radius 2 is 1.00 bits per heavy atom. The van der Waals surface area contributed by atoms with E-state index in [2.05, 4.69) is 68.5 Å². The molecule has 1 aliphatic heterocycles. The number of benzene rings is 5. The van der Waals surface area contributed by atoms with Crippen LogP contribution in [-0.4, -0.2) is 39.4 Å². The molecular formula is C37H17Br4ClF16O5S3. The standard InChI is InChI=1S/C13H4BrF7O.C10H8BrF2S2.C7H2BrClF2O.C6H3BrF2.CHF3O3S/c14-5-1-7(15)11(8(16)2-5)13(20,21)22-6-3-9(17)12(19)10(18)4-6;11-6-4-7(12)9(8(13)5-6)10-14-2-1-3-15-10;8-3-1-4(10)6(7(9)12)5(11)2-3;7-4-1-5(8)3-6(9)2-4;2-1(3,4)8(5,6)7/h1-4H;4-5H,1-3H2;1-2H;1-3H;(H,5,6,7)/q;+1;;;/p-1. The van der Waals surface area contributed by atoms with Gasteiger partial charge in [-0.25, -0.2) is 56.7 Å². The van der Waals surface area contributed by atoms with E-state index in [1.54, 1.807) is 0 Å². The first kappa shape index (κ1) is 59.1. The van der Waals surface area contributed by atoms with E-state index in [0.717, 1.165) is 40.3 Å². The monoisotopic (exact) mass is 1290 g/mol. The third-order valence-electron chi connectivity index (χ3n) is 6.78. The number of rotatable bonds is 5. The van der Waals surface area contributed by atoms with Gasteiger partial charge in [-0.05, 0) is 60.1 Å². The lowest BCUT2D eigenvalue weighted by Crippen LogP contribution is -2.25. The van der Waals surface area contributed by atoms with Crippen LogP contribution in [0.4, 0.5) is 70.2 Å². The van der Waals surface area contributed by atoms with Crippen LogP contribution < -0.4 is 4.74 Å². The number of carbonyl (C=O) groups is 1. The van der Waals surface area contributed by atoms with E-state index in [-0.39, 0.29) is 26.6 Å². The molecule has 0 aliphatic carbocycles. The summed E-state index contributed by atoms with van der Waals surface area (Å²) < 4.78 is 235. The molecule has 0 saturated carbocycles. The molecule has 1 heterocycles. The van der Waals surface area contributed by atoms with Crippen molar-refractivity contribution in [3.05, 3.63) is 165 Å². The SMILES string of the molecule is Fc1cc(Br)cc(F)c1C1=[S+]CCCS1.Fc1cc(F)cc(Br)c1.Fc1cc(OC(F)(F)c2c(F)cc(Br)cc2F)cc(F)c1F.O=C(Cl)c1c(F)cc(Br)cc1F.O=S(=O)([O-])C(F)(F)F. The topological polar surface area (TPSA) is 83.5 Å². The molecule has 66 heavy (non-hydrogen) atoms. The van der Waals surface area contributed by atoms with Crippen molar-refractivity contribution >= 4 is 118 Å². The van der Waals surface area contributed by atoms with E-state index in [9.17, 15) is 75.0 Å². The third kappa shape index (κ3) is 18.5. The highest BCUT2D eigenvalue weighted by atomic mass is 79.9. The minimum absolute atomic E-state index is 0.126. The Morgan fingerprint density at radius 3 is 1.35 bits per heavy atom. The Labute approximate surface area is 408 Å². The third-order valence-corrected chi connectivity index (χ3v) is 12.0. The quantitative estimate of drug-likeness (QED) is 0.0332. The lowest BCUT2D eigenvalue weighted by molar-refractivity contribution is -0.189. The maximum Gasteiger partial charge on any atom is 0.485 e. The van der Waals surface area contributed by atoms with Crippen LogP contribution in [0.3, 0.4) is 0 Å². The van der Waals surface area contributed by atoms with Crippen LogP contribution in [0.1, 0.15) is 27.9 Å². The molecule has 0 unspecified atom stereocenters. The molecule has 0 atom stereocenters. The predicted octanol–water partition coefficient (Wildman–Crippen LogP) is 14.6. The summed E-state index contributed by atoms with van der Waals surface area (Å²) >= 11 is 19.6. The van der Waals surface area contributed by atoms with Crippen LogP contribution in [0.25, 0.3) is 0 Å². The Balaban J connectivity index is 0.000000299. The van der Waals surface area contributed by atoms with Gasteiger partial charge in [-0.3, -0.25) is 4.79 Å². The lowest BCUT2D eigenvalue weighted by Gasteiger charge is -2.19. The second kappa shape index (κ2) is 25.6. The molecule has 0 fully saturated rings. The molecule has 5 aromatic carbocycles. The average molecular weight is 1300 g/mol. The number of hydrogen-bond acceptors (Lipinski definition) is 6. The number of ether oxygens (including phenoxy) is 1. The highest BCUT2D eigenvalue weighted by Gasteiger charge is 2.41. The molecule has 6 rings (SSSR count). The summed E-state index contributed by atoms with van der Waals surface area (Å²) in [4.78, 5) is 10.5. The fraction of sp³-hybridized carbons (Fsp3) is 0.135. The molecule has 0 bridgehead atoms. The molecule has 5 nitrogen and oxygen atoms in total. The number of alkyl halides is 5. The zero-order valence-corrected chi connectivity index (χ0v) is 40.7. The van der Waals surface area contributed by atoms with E-state index >= 15 is 0 Å². The summed E-state index contributed by atoms with van der Waals surface area (Å²) in [5.74, 6) is -12.1. The Morgan fingerprint density at radius 1 is 0.621 bits per heavy atom. The highest BCUT2D eigenvalue weighted by Crippen LogP contribution is 2.37. The molecule has 0 N–H and O–H groups in total. The van der Waals surface area contributed by atoms with Crippen molar-refractivity contribution in [3.8, 4) is 5.75 Å². The molecule has 360 valence electrons.